The third-order valence-electron chi connectivity index (χ3n) is 2.23. The van der Waals surface area contributed by atoms with Gasteiger partial charge in [-0.1, -0.05) is 11.6 Å². The Morgan fingerprint density at radius 2 is 2.11 bits per heavy atom. The van der Waals surface area contributed by atoms with E-state index in [9.17, 15) is 4.57 Å². The van der Waals surface area contributed by atoms with Crippen LogP contribution in [0.25, 0.3) is 0 Å². The molecule has 1 unspecified atom stereocenters. The van der Waals surface area contributed by atoms with Gasteiger partial charge in [-0.05, 0) is 34.0 Å². The van der Waals surface area contributed by atoms with Crippen LogP contribution in [0.2, 0.25) is 5.02 Å². The first kappa shape index (κ1) is 17.1. The van der Waals surface area contributed by atoms with Crippen molar-refractivity contribution in [3.8, 4) is 0 Å². The standard InChI is InChI=1S/C11H20ClN2O3PS/c1-6-14-11(19-5)9(12)10(13-14)18(15,16-7-2)17-8(3)4/h8H,6-7H2,1-5H3. The van der Waals surface area contributed by atoms with Crippen LogP contribution in [0, 0.1) is 0 Å². The van der Waals surface area contributed by atoms with Crippen LogP contribution < -0.4 is 5.44 Å². The van der Waals surface area contributed by atoms with Crippen LogP contribution in [0.4, 0.5) is 0 Å². The van der Waals surface area contributed by atoms with Crippen LogP contribution in [-0.2, 0) is 20.2 Å². The Morgan fingerprint density at radius 3 is 2.47 bits per heavy atom. The normalized spacial score (nSPS) is 14.9. The van der Waals surface area contributed by atoms with Crippen LogP contribution in [0.3, 0.4) is 0 Å². The Bertz CT molecular complexity index is 479. The summed E-state index contributed by atoms with van der Waals surface area (Å²) < 4.78 is 25.3. The fourth-order valence-electron chi connectivity index (χ4n) is 1.59. The molecular formula is C11H20ClN2O3PS. The number of rotatable bonds is 7. The van der Waals surface area contributed by atoms with Crippen LogP contribution in [0.5, 0.6) is 0 Å². The van der Waals surface area contributed by atoms with E-state index in [0.29, 0.717) is 11.6 Å². The van der Waals surface area contributed by atoms with Gasteiger partial charge in [0.25, 0.3) is 0 Å². The van der Waals surface area contributed by atoms with Gasteiger partial charge in [-0.25, -0.2) is 0 Å². The maximum Gasteiger partial charge on any atom is 0.383 e. The Hall–Kier alpha value is -0.0000000000000000555. The molecule has 8 heteroatoms. The molecule has 0 radical (unpaired) electrons. The topological polar surface area (TPSA) is 53.4 Å². The molecule has 1 aromatic rings. The molecule has 19 heavy (non-hydrogen) atoms. The van der Waals surface area contributed by atoms with Gasteiger partial charge in [0.2, 0.25) is 0 Å². The van der Waals surface area contributed by atoms with E-state index in [2.05, 4.69) is 5.10 Å². The number of hydrogen-bond acceptors (Lipinski definition) is 5. The highest BCUT2D eigenvalue weighted by molar-refractivity contribution is 7.98. The van der Waals surface area contributed by atoms with Gasteiger partial charge in [-0.3, -0.25) is 9.25 Å². The molecule has 1 atom stereocenters. The average Bonchev–Trinajstić information content (AvgIpc) is 2.65. The van der Waals surface area contributed by atoms with Gasteiger partial charge in [-0.2, -0.15) is 5.10 Å². The quantitative estimate of drug-likeness (QED) is 0.566. The summed E-state index contributed by atoms with van der Waals surface area (Å²) in [6.45, 7) is 8.22. The monoisotopic (exact) mass is 326 g/mol. The summed E-state index contributed by atoms with van der Waals surface area (Å²) >= 11 is 7.73. The van der Waals surface area contributed by atoms with Crippen molar-refractivity contribution in [2.45, 2.75) is 45.4 Å². The minimum absolute atomic E-state index is 0.205. The first-order valence-electron chi connectivity index (χ1n) is 6.13. The van der Waals surface area contributed by atoms with Gasteiger partial charge < -0.3 is 9.05 Å². The third kappa shape index (κ3) is 3.76. The lowest BCUT2D eigenvalue weighted by Gasteiger charge is -2.18. The second-order valence-corrected chi connectivity index (χ2v) is 7.09. The fraction of sp³-hybridized carbons (Fsp3) is 0.727. The molecule has 0 aromatic carbocycles. The van der Waals surface area contributed by atoms with Crippen LogP contribution in [-0.4, -0.2) is 28.7 Å². The van der Waals surface area contributed by atoms with E-state index < -0.39 is 7.60 Å². The number of hydrogen-bond donors (Lipinski definition) is 0. The molecule has 110 valence electrons. The van der Waals surface area contributed by atoms with Crippen molar-refractivity contribution in [1.29, 1.82) is 0 Å². The van der Waals surface area contributed by atoms with Crippen LogP contribution in [0.15, 0.2) is 5.03 Å². The molecule has 0 aliphatic heterocycles. The summed E-state index contributed by atoms with van der Waals surface area (Å²) in [5.74, 6) is 0. The molecule has 0 fully saturated rings. The van der Waals surface area contributed by atoms with Crippen LogP contribution >= 0.6 is 31.0 Å². The summed E-state index contributed by atoms with van der Waals surface area (Å²) in [7, 11) is -3.48. The van der Waals surface area contributed by atoms with E-state index in [4.69, 9.17) is 20.6 Å². The molecule has 0 aliphatic carbocycles. The van der Waals surface area contributed by atoms with E-state index in [1.54, 1.807) is 25.5 Å². The molecule has 0 saturated heterocycles. The molecule has 0 N–H and O–H groups in total. The number of nitrogens with zero attached hydrogens (tertiary/aromatic N) is 2. The van der Waals surface area contributed by atoms with Gasteiger partial charge in [-0.15, -0.1) is 11.8 Å². The van der Waals surface area contributed by atoms with Crippen molar-refractivity contribution in [3.05, 3.63) is 5.02 Å². The molecule has 1 aromatic heterocycles. The summed E-state index contributed by atoms with van der Waals surface area (Å²) in [4.78, 5) is 0. The molecule has 0 spiro atoms. The minimum atomic E-state index is -3.48. The van der Waals surface area contributed by atoms with Crippen molar-refractivity contribution in [2.24, 2.45) is 0 Å². The third-order valence-corrected chi connectivity index (χ3v) is 5.77. The maximum atomic E-state index is 12.8. The van der Waals surface area contributed by atoms with E-state index in [0.717, 1.165) is 5.03 Å². The van der Waals surface area contributed by atoms with Crippen molar-refractivity contribution in [3.63, 3.8) is 0 Å². The Morgan fingerprint density at radius 1 is 1.47 bits per heavy atom. The molecule has 0 saturated carbocycles. The molecule has 5 nitrogen and oxygen atoms in total. The fourth-order valence-corrected chi connectivity index (χ4v) is 4.74. The number of halogens is 1. The average molecular weight is 327 g/mol. The zero-order valence-corrected chi connectivity index (χ0v) is 14.3. The number of thioether (sulfide) groups is 1. The highest BCUT2D eigenvalue weighted by Crippen LogP contribution is 2.50. The van der Waals surface area contributed by atoms with Crippen LogP contribution in [0.1, 0.15) is 27.7 Å². The van der Waals surface area contributed by atoms with Gasteiger partial charge >= 0.3 is 7.60 Å². The number of aryl methyl sites for hydroxylation is 1. The second-order valence-electron chi connectivity index (χ2n) is 4.03. The van der Waals surface area contributed by atoms with Crippen molar-refractivity contribution in [1.82, 2.24) is 9.78 Å². The van der Waals surface area contributed by atoms with Gasteiger partial charge in [0.15, 0.2) is 5.44 Å². The van der Waals surface area contributed by atoms with Crippen molar-refractivity contribution >= 4 is 36.4 Å². The molecule has 0 bridgehead atoms. The van der Waals surface area contributed by atoms with Crippen molar-refractivity contribution in [2.75, 3.05) is 12.9 Å². The van der Waals surface area contributed by atoms with E-state index in [-0.39, 0.29) is 18.1 Å². The molecule has 1 rings (SSSR count). The summed E-state index contributed by atoms with van der Waals surface area (Å²) in [6, 6.07) is 0. The van der Waals surface area contributed by atoms with Gasteiger partial charge in [0.1, 0.15) is 10.0 Å². The summed E-state index contributed by atoms with van der Waals surface area (Å²) in [6.07, 6.45) is 1.66. The number of aromatic nitrogens is 2. The van der Waals surface area contributed by atoms with Gasteiger partial charge in [0.05, 0.1) is 12.7 Å². The lowest BCUT2D eigenvalue weighted by molar-refractivity contribution is 0.180. The molecular weight excluding hydrogens is 307 g/mol. The zero-order chi connectivity index (χ0) is 14.6. The Balaban J connectivity index is 3.31. The lowest BCUT2D eigenvalue weighted by atomic mass is 10.5. The predicted molar refractivity (Wildman–Crippen MR) is 79.8 cm³/mol. The summed E-state index contributed by atoms with van der Waals surface area (Å²) in [5, 5.41) is 5.42. The van der Waals surface area contributed by atoms with E-state index >= 15 is 0 Å². The second kappa shape index (κ2) is 7.14. The van der Waals surface area contributed by atoms with Crippen molar-refractivity contribution < 1.29 is 13.6 Å². The van der Waals surface area contributed by atoms with Gasteiger partial charge in [0, 0.05) is 6.54 Å². The van der Waals surface area contributed by atoms with E-state index in [1.807, 2.05) is 13.2 Å². The molecule has 1 heterocycles. The Labute approximate surface area is 123 Å². The van der Waals surface area contributed by atoms with E-state index in [1.165, 1.54) is 11.8 Å². The first-order chi connectivity index (χ1) is 8.89. The molecule has 0 amide bonds. The Kier molecular flexibility index (Phi) is 6.40. The first-order valence-corrected chi connectivity index (χ1v) is 9.27. The predicted octanol–water partition coefficient (Wildman–Crippen LogP) is 3.56. The SMILES string of the molecule is CCOP(=O)(OC(C)C)c1nn(CC)c(SC)c1Cl. The maximum absolute atomic E-state index is 12.8. The summed E-state index contributed by atoms with van der Waals surface area (Å²) in [5.41, 5.74) is 0.205. The lowest BCUT2D eigenvalue weighted by Crippen LogP contribution is -2.17. The zero-order valence-electron chi connectivity index (χ0n) is 11.8. The molecule has 0 aliphatic rings. The smallest absolute Gasteiger partial charge is 0.304 e. The largest absolute Gasteiger partial charge is 0.383 e. The highest BCUT2D eigenvalue weighted by atomic mass is 35.5. The minimum Gasteiger partial charge on any atom is -0.304 e. The highest BCUT2D eigenvalue weighted by Gasteiger charge is 2.36.